The third kappa shape index (κ3) is 2.50. The van der Waals surface area contributed by atoms with E-state index in [9.17, 15) is 8.78 Å². The number of nitrogens with one attached hydrogen (secondary N) is 1. The van der Waals surface area contributed by atoms with E-state index in [2.05, 4.69) is 10.3 Å². The lowest BCUT2D eigenvalue weighted by molar-refractivity contribution is 0.509. The maximum Gasteiger partial charge on any atom is 0.207 e. The molecule has 0 radical (unpaired) electrons. The molecule has 1 N–H and O–H groups in total. The number of imidazole rings is 1. The van der Waals surface area contributed by atoms with Crippen LogP contribution in [0.4, 0.5) is 20.4 Å². The van der Waals surface area contributed by atoms with Crippen LogP contribution >= 0.6 is 0 Å². The molecular formula is C13H15F2N3. The molecule has 0 fully saturated rings. The summed E-state index contributed by atoms with van der Waals surface area (Å²) < 4.78 is 27.9. The topological polar surface area (TPSA) is 29.9 Å². The number of anilines is 2. The molecule has 1 aromatic heterocycles. The van der Waals surface area contributed by atoms with E-state index < -0.39 is 11.6 Å². The molecule has 0 atom stereocenters. The number of aromatic nitrogens is 2. The van der Waals surface area contributed by atoms with E-state index in [-0.39, 0.29) is 6.04 Å². The highest BCUT2D eigenvalue weighted by molar-refractivity contribution is 5.54. The molecule has 18 heavy (non-hydrogen) atoms. The summed E-state index contributed by atoms with van der Waals surface area (Å²) >= 11 is 0. The van der Waals surface area contributed by atoms with Crippen LogP contribution in [-0.4, -0.2) is 9.55 Å². The number of benzene rings is 1. The molecule has 0 saturated heterocycles. The summed E-state index contributed by atoms with van der Waals surface area (Å²) in [4.78, 5) is 4.31. The Kier molecular flexibility index (Phi) is 3.32. The van der Waals surface area contributed by atoms with Crippen LogP contribution in [-0.2, 0) is 0 Å². The number of nitrogens with zero attached hydrogens (tertiary/aromatic N) is 2. The molecule has 5 heteroatoms. The second-order valence-corrected chi connectivity index (χ2v) is 4.46. The molecule has 0 bridgehead atoms. The number of hydrogen-bond donors (Lipinski definition) is 1. The van der Waals surface area contributed by atoms with E-state index in [0.717, 1.165) is 17.8 Å². The van der Waals surface area contributed by atoms with Gasteiger partial charge in [0.05, 0.1) is 5.69 Å². The molecule has 0 spiro atoms. The fraction of sp³-hybridized carbons (Fsp3) is 0.308. The Morgan fingerprint density at radius 1 is 1.22 bits per heavy atom. The molecule has 3 nitrogen and oxygen atoms in total. The quantitative estimate of drug-likeness (QED) is 0.899. The second-order valence-electron chi connectivity index (χ2n) is 4.46. The first kappa shape index (κ1) is 12.5. The van der Waals surface area contributed by atoms with Crippen molar-refractivity contribution in [3.05, 3.63) is 41.7 Å². The maximum atomic E-state index is 13.1. The van der Waals surface area contributed by atoms with Gasteiger partial charge in [-0.3, -0.25) is 0 Å². The van der Waals surface area contributed by atoms with E-state index in [0.29, 0.717) is 11.6 Å². The summed E-state index contributed by atoms with van der Waals surface area (Å²) in [6, 6.07) is 3.92. The largest absolute Gasteiger partial charge is 0.325 e. The summed E-state index contributed by atoms with van der Waals surface area (Å²) in [6.07, 6.45) is 1.91. The Bertz CT molecular complexity index is 561. The molecule has 1 heterocycles. The predicted molar refractivity (Wildman–Crippen MR) is 67.0 cm³/mol. The Balaban J connectivity index is 2.30. The van der Waals surface area contributed by atoms with Gasteiger partial charge in [0.25, 0.3) is 0 Å². The van der Waals surface area contributed by atoms with E-state index in [1.54, 1.807) is 0 Å². The molecule has 0 aliphatic rings. The first-order chi connectivity index (χ1) is 8.47. The highest BCUT2D eigenvalue weighted by Crippen LogP contribution is 2.21. The molecule has 0 saturated carbocycles. The van der Waals surface area contributed by atoms with Crippen molar-refractivity contribution in [2.75, 3.05) is 5.32 Å². The SMILES string of the molecule is Cc1cn(C(C)C)c(Nc2ccc(F)c(F)c2)n1. The molecule has 0 amide bonds. The maximum absolute atomic E-state index is 13.1. The Labute approximate surface area is 104 Å². The summed E-state index contributed by atoms with van der Waals surface area (Å²) in [7, 11) is 0. The average molecular weight is 251 g/mol. The summed E-state index contributed by atoms with van der Waals surface area (Å²) in [5, 5.41) is 2.99. The van der Waals surface area contributed by atoms with Crippen LogP contribution in [0.5, 0.6) is 0 Å². The molecule has 0 aliphatic carbocycles. The van der Waals surface area contributed by atoms with Crippen molar-refractivity contribution < 1.29 is 8.78 Å². The summed E-state index contributed by atoms with van der Waals surface area (Å²) in [6.45, 7) is 5.93. The fourth-order valence-corrected chi connectivity index (χ4v) is 1.71. The minimum Gasteiger partial charge on any atom is -0.325 e. The summed E-state index contributed by atoms with van der Waals surface area (Å²) in [5.74, 6) is -1.11. The van der Waals surface area contributed by atoms with Crippen LogP contribution in [0.25, 0.3) is 0 Å². The molecule has 0 unspecified atom stereocenters. The first-order valence-corrected chi connectivity index (χ1v) is 5.75. The van der Waals surface area contributed by atoms with Crippen molar-refractivity contribution in [2.45, 2.75) is 26.8 Å². The zero-order valence-corrected chi connectivity index (χ0v) is 10.5. The van der Waals surface area contributed by atoms with Gasteiger partial charge in [0.2, 0.25) is 5.95 Å². The van der Waals surface area contributed by atoms with E-state index in [4.69, 9.17) is 0 Å². The lowest BCUT2D eigenvalue weighted by atomic mass is 10.3. The van der Waals surface area contributed by atoms with Crippen LogP contribution < -0.4 is 5.32 Å². The Morgan fingerprint density at radius 2 is 1.94 bits per heavy atom. The number of halogens is 2. The van der Waals surface area contributed by atoms with E-state index in [1.165, 1.54) is 6.07 Å². The van der Waals surface area contributed by atoms with Gasteiger partial charge in [-0.2, -0.15) is 0 Å². The van der Waals surface area contributed by atoms with Gasteiger partial charge in [-0.15, -0.1) is 0 Å². The minimum atomic E-state index is -0.876. The minimum absolute atomic E-state index is 0.235. The van der Waals surface area contributed by atoms with Crippen molar-refractivity contribution >= 4 is 11.6 Å². The van der Waals surface area contributed by atoms with E-state index >= 15 is 0 Å². The van der Waals surface area contributed by atoms with Gasteiger partial charge in [0.15, 0.2) is 11.6 Å². The molecule has 2 rings (SSSR count). The Morgan fingerprint density at radius 3 is 2.56 bits per heavy atom. The fourth-order valence-electron chi connectivity index (χ4n) is 1.71. The van der Waals surface area contributed by atoms with Crippen LogP contribution in [0, 0.1) is 18.6 Å². The molecule has 96 valence electrons. The van der Waals surface area contributed by atoms with Crippen LogP contribution in [0.3, 0.4) is 0 Å². The standard InChI is InChI=1S/C13H15F2N3/c1-8(2)18-7-9(3)16-13(18)17-10-4-5-11(14)12(15)6-10/h4-8H,1-3H3,(H,16,17). The number of rotatable bonds is 3. The average Bonchev–Trinajstić information content (AvgIpc) is 2.65. The van der Waals surface area contributed by atoms with Crippen molar-refractivity contribution in [1.82, 2.24) is 9.55 Å². The zero-order valence-electron chi connectivity index (χ0n) is 10.5. The predicted octanol–water partition coefficient (Wildman–Crippen LogP) is 3.79. The van der Waals surface area contributed by atoms with Crippen molar-refractivity contribution in [3.63, 3.8) is 0 Å². The van der Waals surface area contributed by atoms with Crippen LogP contribution in [0.15, 0.2) is 24.4 Å². The van der Waals surface area contributed by atoms with Gasteiger partial charge < -0.3 is 9.88 Å². The summed E-state index contributed by atoms with van der Waals surface area (Å²) in [5.41, 5.74) is 1.34. The number of hydrogen-bond acceptors (Lipinski definition) is 2. The van der Waals surface area contributed by atoms with Gasteiger partial charge in [0, 0.05) is 24.0 Å². The second kappa shape index (κ2) is 4.76. The van der Waals surface area contributed by atoms with Gasteiger partial charge in [-0.25, -0.2) is 13.8 Å². The molecule has 0 aliphatic heterocycles. The monoisotopic (exact) mass is 251 g/mol. The lowest BCUT2D eigenvalue weighted by Gasteiger charge is -2.12. The van der Waals surface area contributed by atoms with E-state index in [1.807, 2.05) is 31.5 Å². The van der Waals surface area contributed by atoms with Crippen molar-refractivity contribution in [3.8, 4) is 0 Å². The smallest absolute Gasteiger partial charge is 0.207 e. The highest BCUT2D eigenvalue weighted by atomic mass is 19.2. The molecule has 2 aromatic rings. The van der Waals surface area contributed by atoms with Crippen LogP contribution in [0.1, 0.15) is 25.6 Å². The molecule has 1 aromatic carbocycles. The normalized spacial score (nSPS) is 11.0. The van der Waals surface area contributed by atoms with Gasteiger partial charge in [-0.05, 0) is 32.9 Å². The first-order valence-electron chi connectivity index (χ1n) is 5.75. The highest BCUT2D eigenvalue weighted by Gasteiger charge is 2.10. The van der Waals surface area contributed by atoms with Crippen LogP contribution in [0.2, 0.25) is 0 Å². The third-order valence-electron chi connectivity index (χ3n) is 2.58. The number of aryl methyl sites for hydroxylation is 1. The molecular weight excluding hydrogens is 236 g/mol. The van der Waals surface area contributed by atoms with Gasteiger partial charge in [0.1, 0.15) is 0 Å². The zero-order chi connectivity index (χ0) is 13.3. The van der Waals surface area contributed by atoms with Crippen molar-refractivity contribution in [2.24, 2.45) is 0 Å². The Hall–Kier alpha value is -1.91. The van der Waals surface area contributed by atoms with Gasteiger partial charge in [-0.1, -0.05) is 0 Å². The third-order valence-corrected chi connectivity index (χ3v) is 2.58. The van der Waals surface area contributed by atoms with Crippen molar-refractivity contribution in [1.29, 1.82) is 0 Å². The lowest BCUT2D eigenvalue weighted by Crippen LogP contribution is -2.05. The van der Waals surface area contributed by atoms with Gasteiger partial charge >= 0.3 is 0 Å².